The molecule has 5 heteroatoms. The Labute approximate surface area is 102 Å². The molecule has 1 aliphatic heterocycles. The van der Waals surface area contributed by atoms with Gasteiger partial charge < -0.3 is 15.7 Å². The van der Waals surface area contributed by atoms with Crippen LogP contribution < -0.4 is 5.73 Å². The summed E-state index contributed by atoms with van der Waals surface area (Å²) >= 11 is 0. The summed E-state index contributed by atoms with van der Waals surface area (Å²) in [5.74, 6) is -0.824. The molecule has 2 unspecified atom stereocenters. The molecule has 0 aromatic rings. The van der Waals surface area contributed by atoms with E-state index in [-0.39, 0.29) is 11.8 Å². The Hall–Kier alpha value is -1.10. The highest BCUT2D eigenvalue weighted by molar-refractivity contribution is 5.87. The van der Waals surface area contributed by atoms with E-state index in [1.165, 1.54) is 4.90 Å². The number of hydrogen-bond donors (Lipinski definition) is 2. The smallest absolute Gasteiger partial charge is 0.326 e. The van der Waals surface area contributed by atoms with Gasteiger partial charge in [0, 0.05) is 6.54 Å². The molecule has 0 saturated carbocycles. The molecule has 17 heavy (non-hydrogen) atoms. The maximum Gasteiger partial charge on any atom is 0.326 e. The molecule has 0 bridgehead atoms. The molecule has 1 heterocycles. The maximum atomic E-state index is 12.1. The summed E-state index contributed by atoms with van der Waals surface area (Å²) in [6.07, 6.45) is 1.33. The van der Waals surface area contributed by atoms with Crippen LogP contribution in [0.1, 0.15) is 33.6 Å². The van der Waals surface area contributed by atoms with E-state index in [0.29, 0.717) is 18.9 Å². The summed E-state index contributed by atoms with van der Waals surface area (Å²) in [5, 5.41) is 9.13. The molecule has 3 N–H and O–H groups in total. The number of rotatable bonds is 4. The van der Waals surface area contributed by atoms with Crippen LogP contribution in [0.2, 0.25) is 0 Å². The molecule has 0 aromatic heterocycles. The third-order valence-corrected chi connectivity index (χ3v) is 3.28. The minimum absolute atomic E-state index is 0.00250. The lowest BCUT2D eigenvalue weighted by Crippen LogP contribution is -2.50. The number of carbonyl (C=O) groups excluding carboxylic acids is 1. The van der Waals surface area contributed by atoms with Gasteiger partial charge in [-0.15, -0.1) is 0 Å². The largest absolute Gasteiger partial charge is 0.480 e. The first-order chi connectivity index (χ1) is 7.84. The van der Waals surface area contributed by atoms with Crippen LogP contribution in [0.5, 0.6) is 0 Å². The van der Waals surface area contributed by atoms with Crippen LogP contribution in [0.25, 0.3) is 0 Å². The molecule has 0 spiro atoms. The highest BCUT2D eigenvalue weighted by atomic mass is 16.4. The van der Waals surface area contributed by atoms with Gasteiger partial charge in [0.15, 0.2) is 0 Å². The van der Waals surface area contributed by atoms with Crippen molar-refractivity contribution >= 4 is 11.9 Å². The third kappa shape index (κ3) is 3.19. The standard InChI is InChI=1S/C12H22N2O3/c1-7(2)6-9(13)11(15)14-5-4-8(3)10(14)12(16)17/h7-10H,4-6,13H2,1-3H3,(H,16,17)/t8?,9-,10?/m1/s1. The maximum absolute atomic E-state index is 12.1. The van der Waals surface area contributed by atoms with E-state index in [1.807, 2.05) is 20.8 Å². The van der Waals surface area contributed by atoms with E-state index in [2.05, 4.69) is 0 Å². The number of carbonyl (C=O) groups is 2. The fraction of sp³-hybridized carbons (Fsp3) is 0.833. The number of carboxylic acids is 1. The SMILES string of the molecule is CC(C)C[C@@H](N)C(=O)N1CCC(C)C1C(=O)O. The number of nitrogens with zero attached hydrogens (tertiary/aromatic N) is 1. The minimum atomic E-state index is -0.930. The summed E-state index contributed by atoms with van der Waals surface area (Å²) < 4.78 is 0. The van der Waals surface area contributed by atoms with Crippen molar-refractivity contribution in [3.05, 3.63) is 0 Å². The van der Waals surface area contributed by atoms with Gasteiger partial charge in [-0.1, -0.05) is 20.8 Å². The van der Waals surface area contributed by atoms with E-state index in [1.54, 1.807) is 0 Å². The van der Waals surface area contributed by atoms with Gasteiger partial charge in [0.2, 0.25) is 5.91 Å². The lowest BCUT2D eigenvalue weighted by Gasteiger charge is -2.26. The average molecular weight is 242 g/mol. The fourth-order valence-corrected chi connectivity index (χ4v) is 2.39. The van der Waals surface area contributed by atoms with Crippen molar-refractivity contribution in [1.29, 1.82) is 0 Å². The van der Waals surface area contributed by atoms with Crippen LogP contribution in [0.3, 0.4) is 0 Å². The van der Waals surface area contributed by atoms with Gasteiger partial charge in [-0.05, 0) is 24.7 Å². The second kappa shape index (κ2) is 5.49. The molecule has 3 atom stereocenters. The molecule has 0 radical (unpaired) electrons. The Balaban J connectivity index is 2.71. The van der Waals surface area contributed by atoms with Crippen LogP contribution in [0, 0.1) is 11.8 Å². The van der Waals surface area contributed by atoms with Crippen LogP contribution in [0.15, 0.2) is 0 Å². The fourth-order valence-electron chi connectivity index (χ4n) is 2.39. The molecular formula is C12H22N2O3. The summed E-state index contributed by atoms with van der Waals surface area (Å²) in [5.41, 5.74) is 5.82. The quantitative estimate of drug-likeness (QED) is 0.759. The highest BCUT2D eigenvalue weighted by Gasteiger charge is 2.40. The molecule has 1 amide bonds. The van der Waals surface area contributed by atoms with Crippen molar-refractivity contribution in [2.24, 2.45) is 17.6 Å². The molecule has 98 valence electrons. The monoisotopic (exact) mass is 242 g/mol. The van der Waals surface area contributed by atoms with Gasteiger partial charge >= 0.3 is 5.97 Å². The van der Waals surface area contributed by atoms with E-state index < -0.39 is 18.1 Å². The summed E-state index contributed by atoms with van der Waals surface area (Å²) in [4.78, 5) is 24.6. The summed E-state index contributed by atoms with van der Waals surface area (Å²) in [6, 6.07) is -1.29. The lowest BCUT2D eigenvalue weighted by atomic mass is 10.0. The summed E-state index contributed by atoms with van der Waals surface area (Å²) in [6.45, 7) is 6.35. The number of hydrogen-bond acceptors (Lipinski definition) is 3. The number of likely N-dealkylation sites (tertiary alicyclic amines) is 1. The first kappa shape index (κ1) is 14.0. The first-order valence-electron chi connectivity index (χ1n) is 6.13. The van der Waals surface area contributed by atoms with Gasteiger partial charge in [-0.3, -0.25) is 4.79 Å². The zero-order valence-corrected chi connectivity index (χ0v) is 10.7. The number of amides is 1. The Morgan fingerprint density at radius 2 is 2.06 bits per heavy atom. The molecule has 5 nitrogen and oxygen atoms in total. The van der Waals surface area contributed by atoms with Crippen LogP contribution in [0.4, 0.5) is 0 Å². The third-order valence-electron chi connectivity index (χ3n) is 3.28. The zero-order chi connectivity index (χ0) is 13.2. The lowest BCUT2D eigenvalue weighted by molar-refractivity contribution is -0.150. The second-order valence-electron chi connectivity index (χ2n) is 5.32. The average Bonchev–Trinajstić information content (AvgIpc) is 2.57. The van der Waals surface area contributed by atoms with Gasteiger partial charge in [0.25, 0.3) is 0 Å². The number of nitrogens with two attached hydrogens (primary N) is 1. The minimum Gasteiger partial charge on any atom is -0.480 e. The molecule has 1 saturated heterocycles. The predicted molar refractivity (Wildman–Crippen MR) is 64.3 cm³/mol. The van der Waals surface area contributed by atoms with Crippen molar-refractivity contribution in [3.63, 3.8) is 0 Å². The topological polar surface area (TPSA) is 83.6 Å². The number of carboxylic acid groups (broad SMARTS) is 1. The Bertz CT molecular complexity index is 304. The molecule has 0 aromatic carbocycles. The van der Waals surface area contributed by atoms with E-state index >= 15 is 0 Å². The van der Waals surface area contributed by atoms with Gasteiger partial charge in [-0.25, -0.2) is 4.79 Å². The van der Waals surface area contributed by atoms with Gasteiger partial charge in [0.05, 0.1) is 6.04 Å². The predicted octanol–water partition coefficient (Wildman–Crippen LogP) is 0.681. The first-order valence-corrected chi connectivity index (χ1v) is 6.13. The molecular weight excluding hydrogens is 220 g/mol. The van der Waals surface area contributed by atoms with Crippen molar-refractivity contribution in [1.82, 2.24) is 4.90 Å². The van der Waals surface area contributed by atoms with Crippen LogP contribution in [-0.2, 0) is 9.59 Å². The Morgan fingerprint density at radius 3 is 2.53 bits per heavy atom. The van der Waals surface area contributed by atoms with Crippen LogP contribution in [-0.4, -0.2) is 40.5 Å². The molecule has 0 aliphatic carbocycles. The zero-order valence-electron chi connectivity index (χ0n) is 10.7. The summed E-state index contributed by atoms with van der Waals surface area (Å²) in [7, 11) is 0. The van der Waals surface area contributed by atoms with Crippen molar-refractivity contribution < 1.29 is 14.7 Å². The molecule has 1 aliphatic rings. The van der Waals surface area contributed by atoms with Crippen LogP contribution >= 0.6 is 0 Å². The van der Waals surface area contributed by atoms with Gasteiger partial charge in [-0.2, -0.15) is 0 Å². The van der Waals surface area contributed by atoms with Crippen molar-refractivity contribution in [3.8, 4) is 0 Å². The van der Waals surface area contributed by atoms with Gasteiger partial charge in [0.1, 0.15) is 6.04 Å². The second-order valence-corrected chi connectivity index (χ2v) is 5.32. The number of aliphatic carboxylic acids is 1. The van der Waals surface area contributed by atoms with E-state index in [9.17, 15) is 9.59 Å². The van der Waals surface area contributed by atoms with Crippen molar-refractivity contribution in [2.75, 3.05) is 6.54 Å². The Kier molecular flexibility index (Phi) is 4.51. The van der Waals surface area contributed by atoms with E-state index in [4.69, 9.17) is 10.8 Å². The molecule has 1 rings (SSSR count). The highest BCUT2D eigenvalue weighted by Crippen LogP contribution is 2.25. The Morgan fingerprint density at radius 1 is 1.47 bits per heavy atom. The molecule has 1 fully saturated rings. The van der Waals surface area contributed by atoms with Crippen molar-refractivity contribution in [2.45, 2.75) is 45.7 Å². The normalized spacial score (nSPS) is 26.3. The van der Waals surface area contributed by atoms with E-state index in [0.717, 1.165) is 6.42 Å².